The van der Waals surface area contributed by atoms with Crippen LogP contribution in [0.3, 0.4) is 0 Å². The maximum Gasteiger partial charge on any atom is 0.355 e. The van der Waals surface area contributed by atoms with Gasteiger partial charge in [-0.2, -0.15) is 0 Å². The van der Waals surface area contributed by atoms with Gasteiger partial charge in [-0.25, -0.2) is 19.2 Å². The number of hydrogen-bond acceptors (Lipinski definition) is 12. The SMILES string of the molecule is CNCCCc1ccc(OCCCc2sc(N(CCCCN)c3cc(C)c(Nc4nc5ccccc5s4)nn3)nc2C(=O)O)c(F)c1. The van der Waals surface area contributed by atoms with Gasteiger partial charge in [0.25, 0.3) is 0 Å². The number of benzene rings is 2. The molecule has 0 saturated carbocycles. The Hall–Kier alpha value is -4.24. The molecule has 47 heavy (non-hydrogen) atoms. The van der Waals surface area contributed by atoms with Crippen LogP contribution in [0.15, 0.2) is 48.5 Å². The van der Waals surface area contributed by atoms with Crippen LogP contribution in [0, 0.1) is 12.7 Å². The Morgan fingerprint density at radius 2 is 1.89 bits per heavy atom. The number of hydrogen-bond donors (Lipinski definition) is 4. The first kappa shape index (κ1) is 34.1. The fourth-order valence-corrected chi connectivity index (χ4v) is 6.96. The van der Waals surface area contributed by atoms with Crippen molar-refractivity contribution >= 4 is 60.8 Å². The number of unbranched alkanes of at least 4 members (excludes halogenated alkanes) is 1. The van der Waals surface area contributed by atoms with Crippen molar-refractivity contribution in [3.8, 4) is 5.75 Å². The van der Waals surface area contributed by atoms with Crippen molar-refractivity contribution in [3.05, 3.63) is 76.0 Å². The molecule has 0 radical (unpaired) electrons. The lowest BCUT2D eigenvalue weighted by Crippen LogP contribution is -2.21. The molecule has 0 amide bonds. The van der Waals surface area contributed by atoms with Gasteiger partial charge in [-0.3, -0.25) is 0 Å². The summed E-state index contributed by atoms with van der Waals surface area (Å²) in [4.78, 5) is 23.8. The van der Waals surface area contributed by atoms with E-state index in [1.165, 1.54) is 28.7 Å². The molecule has 0 fully saturated rings. The lowest BCUT2D eigenvalue weighted by atomic mass is 10.1. The molecule has 0 bridgehead atoms. The van der Waals surface area contributed by atoms with Crippen LogP contribution in [0.5, 0.6) is 5.75 Å². The molecule has 0 spiro atoms. The second kappa shape index (κ2) is 16.5. The number of aryl methyl sites for hydroxylation is 3. The summed E-state index contributed by atoms with van der Waals surface area (Å²) in [5.41, 5.74) is 8.44. The van der Waals surface area contributed by atoms with Crippen molar-refractivity contribution in [2.75, 3.05) is 43.5 Å². The summed E-state index contributed by atoms with van der Waals surface area (Å²) in [6.07, 6.45) is 4.15. The zero-order chi connectivity index (χ0) is 33.2. The highest BCUT2D eigenvalue weighted by atomic mass is 32.1. The van der Waals surface area contributed by atoms with Gasteiger partial charge in [-0.1, -0.05) is 29.5 Å². The van der Waals surface area contributed by atoms with E-state index >= 15 is 0 Å². The second-order valence-corrected chi connectivity index (χ2v) is 13.1. The molecule has 5 rings (SSSR count). The molecule has 14 heteroatoms. The van der Waals surface area contributed by atoms with Gasteiger partial charge in [0.15, 0.2) is 39.2 Å². The zero-order valence-electron chi connectivity index (χ0n) is 26.5. The Morgan fingerprint density at radius 3 is 2.64 bits per heavy atom. The third kappa shape index (κ3) is 8.98. The van der Waals surface area contributed by atoms with Gasteiger partial charge in [-0.15, -0.1) is 21.5 Å². The van der Waals surface area contributed by atoms with Crippen LogP contribution in [0.1, 0.15) is 52.2 Å². The number of fused-ring (bicyclic) bond motifs is 1. The quantitative estimate of drug-likeness (QED) is 0.0755. The number of nitrogens with two attached hydrogens (primary N) is 1. The number of aromatic carboxylic acids is 1. The van der Waals surface area contributed by atoms with E-state index in [1.54, 1.807) is 6.07 Å². The van der Waals surface area contributed by atoms with Crippen LogP contribution in [0.25, 0.3) is 10.2 Å². The fourth-order valence-electron chi connectivity index (χ4n) is 4.97. The first-order valence-corrected chi connectivity index (χ1v) is 17.2. The molecule has 11 nitrogen and oxygen atoms in total. The number of rotatable bonds is 18. The normalized spacial score (nSPS) is 11.2. The van der Waals surface area contributed by atoms with Gasteiger partial charge >= 0.3 is 5.97 Å². The van der Waals surface area contributed by atoms with E-state index in [1.807, 2.05) is 55.3 Å². The number of carbonyl (C=O) groups is 1. The molecule has 0 saturated heterocycles. The highest BCUT2D eigenvalue weighted by molar-refractivity contribution is 7.22. The van der Waals surface area contributed by atoms with Crippen molar-refractivity contribution in [1.29, 1.82) is 0 Å². The Bertz CT molecular complexity index is 1760. The first-order valence-electron chi connectivity index (χ1n) is 15.6. The predicted molar refractivity (Wildman–Crippen MR) is 187 cm³/mol. The third-order valence-electron chi connectivity index (χ3n) is 7.42. The van der Waals surface area contributed by atoms with Crippen molar-refractivity contribution in [1.82, 2.24) is 25.5 Å². The number of aromatic nitrogens is 4. The van der Waals surface area contributed by atoms with Crippen molar-refractivity contribution in [2.24, 2.45) is 5.73 Å². The van der Waals surface area contributed by atoms with Gasteiger partial charge < -0.3 is 31.1 Å². The van der Waals surface area contributed by atoms with Gasteiger partial charge in [0.2, 0.25) is 0 Å². The fraction of sp³-hybridized carbons (Fsp3) is 0.364. The lowest BCUT2D eigenvalue weighted by molar-refractivity contribution is 0.0690. The number of carboxylic acid groups (broad SMARTS) is 1. The summed E-state index contributed by atoms with van der Waals surface area (Å²) >= 11 is 2.84. The Morgan fingerprint density at radius 1 is 1.04 bits per heavy atom. The molecule has 3 aromatic heterocycles. The highest BCUT2D eigenvalue weighted by Gasteiger charge is 2.23. The van der Waals surface area contributed by atoms with Crippen LogP contribution in [-0.2, 0) is 12.8 Å². The average molecular weight is 679 g/mol. The van der Waals surface area contributed by atoms with Crippen LogP contribution in [0.2, 0.25) is 0 Å². The van der Waals surface area contributed by atoms with E-state index in [0.717, 1.165) is 58.7 Å². The average Bonchev–Trinajstić information content (AvgIpc) is 3.67. The van der Waals surface area contributed by atoms with Crippen molar-refractivity contribution in [3.63, 3.8) is 0 Å². The molecule has 5 aromatic rings. The summed E-state index contributed by atoms with van der Waals surface area (Å²) in [6, 6.07) is 14.9. The number of anilines is 4. The summed E-state index contributed by atoms with van der Waals surface area (Å²) in [5, 5.41) is 26.5. The van der Waals surface area contributed by atoms with Crippen LogP contribution >= 0.6 is 22.7 Å². The summed E-state index contributed by atoms with van der Waals surface area (Å²) in [7, 11) is 1.89. The molecule has 5 N–H and O–H groups in total. The van der Waals surface area contributed by atoms with Gasteiger partial charge in [0, 0.05) is 11.4 Å². The zero-order valence-corrected chi connectivity index (χ0v) is 28.1. The van der Waals surface area contributed by atoms with E-state index < -0.39 is 11.8 Å². The minimum absolute atomic E-state index is 0.00951. The van der Waals surface area contributed by atoms with E-state index in [-0.39, 0.29) is 18.1 Å². The first-order chi connectivity index (χ1) is 22.9. The van der Waals surface area contributed by atoms with Crippen LogP contribution < -0.4 is 26.0 Å². The molecular weight excluding hydrogens is 640 g/mol. The summed E-state index contributed by atoms with van der Waals surface area (Å²) in [6.45, 7) is 4.10. The largest absolute Gasteiger partial charge is 0.491 e. The van der Waals surface area contributed by atoms with Crippen LogP contribution in [0.4, 0.5) is 26.3 Å². The maximum atomic E-state index is 14.6. The van der Waals surface area contributed by atoms with Gasteiger partial charge in [0.05, 0.1) is 16.8 Å². The lowest BCUT2D eigenvalue weighted by Gasteiger charge is -2.21. The molecule has 0 aliphatic carbocycles. The minimum Gasteiger partial charge on any atom is -0.491 e. The number of halogens is 1. The smallest absolute Gasteiger partial charge is 0.355 e. The number of carboxylic acids is 1. The molecule has 0 aliphatic heterocycles. The number of nitrogens with zero attached hydrogens (tertiary/aromatic N) is 5. The number of para-hydroxylation sites is 1. The monoisotopic (exact) mass is 678 g/mol. The Kier molecular flexibility index (Phi) is 12.0. The number of nitrogens with one attached hydrogen (secondary N) is 2. The van der Waals surface area contributed by atoms with E-state index in [4.69, 9.17) is 10.5 Å². The molecule has 0 atom stereocenters. The van der Waals surface area contributed by atoms with E-state index in [0.29, 0.717) is 47.6 Å². The molecule has 3 heterocycles. The highest BCUT2D eigenvalue weighted by Crippen LogP contribution is 2.34. The second-order valence-electron chi connectivity index (χ2n) is 11.0. The van der Waals surface area contributed by atoms with E-state index in [9.17, 15) is 14.3 Å². The standard InChI is InChI=1S/C33H39FN8O3S2/c1-21-19-28(40-41-30(21)39-32-37-24-10-3-4-11-26(24)46-32)42(17-6-5-15-35)33-38-29(31(43)44)27(47-33)12-8-18-45-25-14-13-22(20-23(25)34)9-7-16-36-2/h3-4,10-11,13-14,19-20,36H,5-9,12,15-18,35H2,1-2H3,(H,43,44)(H,37,39,41). The third-order valence-corrected chi connectivity index (χ3v) is 9.51. The van der Waals surface area contributed by atoms with Crippen LogP contribution in [-0.4, -0.2) is 64.5 Å². The molecule has 0 unspecified atom stereocenters. The molecular formula is C33H39FN8O3S2. The summed E-state index contributed by atoms with van der Waals surface area (Å²) < 4.78 is 21.4. The topological polar surface area (TPSA) is 151 Å². The molecule has 2 aromatic carbocycles. The molecule has 0 aliphatic rings. The number of thiazole rings is 2. The molecule has 248 valence electrons. The minimum atomic E-state index is -1.11. The maximum absolute atomic E-state index is 14.6. The van der Waals surface area contributed by atoms with Crippen molar-refractivity contribution in [2.45, 2.75) is 45.4 Å². The van der Waals surface area contributed by atoms with Gasteiger partial charge in [-0.05, 0) is 107 Å². The number of ether oxygens (including phenoxy) is 1. The summed E-state index contributed by atoms with van der Waals surface area (Å²) in [5.74, 6) is -0.181. The van der Waals surface area contributed by atoms with Gasteiger partial charge in [0.1, 0.15) is 0 Å². The van der Waals surface area contributed by atoms with E-state index in [2.05, 4.69) is 30.8 Å². The Balaban J connectivity index is 1.28. The Labute approximate surface area is 281 Å². The van der Waals surface area contributed by atoms with Crippen molar-refractivity contribution < 1.29 is 19.0 Å². The predicted octanol–water partition coefficient (Wildman–Crippen LogP) is 6.47.